The number of hydrogen-bond acceptors (Lipinski definition) is 3. The maximum atomic E-state index is 12.8. The number of hydrogen-bond donors (Lipinski definition) is 1. The molecule has 4 nitrogen and oxygen atoms in total. The molecular weight excluding hydrogens is 386 g/mol. The molecular formula is C27H31NO3. The Kier molecular flexibility index (Phi) is 7.01. The standard InChI is InChI=1S/C27H31NO3/c1-17-14-23(30-5)26(24(15-17)31-6)22-12-10-21(11-13-22)16-20(4)28-27(29)25-18(2)8-7-9-19(25)3/h7-15,20H,16H2,1-6H3,(H,28,29). The molecule has 0 radical (unpaired) electrons. The number of benzene rings is 3. The number of rotatable bonds is 7. The quantitative estimate of drug-likeness (QED) is 0.540. The second-order valence-corrected chi connectivity index (χ2v) is 8.09. The van der Waals surface area contributed by atoms with Crippen LogP contribution in [0.1, 0.15) is 39.5 Å². The second kappa shape index (κ2) is 9.69. The smallest absolute Gasteiger partial charge is 0.252 e. The maximum Gasteiger partial charge on any atom is 0.252 e. The van der Waals surface area contributed by atoms with Crippen LogP contribution < -0.4 is 14.8 Å². The fourth-order valence-corrected chi connectivity index (χ4v) is 4.01. The Morgan fingerprint density at radius 2 is 1.45 bits per heavy atom. The molecule has 0 aliphatic heterocycles. The molecule has 0 saturated carbocycles. The summed E-state index contributed by atoms with van der Waals surface area (Å²) in [6, 6.07) is 18.3. The molecule has 3 aromatic carbocycles. The van der Waals surface area contributed by atoms with Gasteiger partial charge >= 0.3 is 0 Å². The molecule has 3 rings (SSSR count). The Morgan fingerprint density at radius 1 is 0.903 bits per heavy atom. The topological polar surface area (TPSA) is 47.6 Å². The summed E-state index contributed by atoms with van der Waals surface area (Å²) in [5.41, 5.74) is 6.97. The van der Waals surface area contributed by atoms with E-state index in [1.54, 1.807) is 14.2 Å². The lowest BCUT2D eigenvalue weighted by Crippen LogP contribution is -2.34. The lowest BCUT2D eigenvalue weighted by Gasteiger charge is -2.17. The van der Waals surface area contributed by atoms with Gasteiger partial charge in [0.15, 0.2) is 0 Å². The third kappa shape index (κ3) is 5.08. The molecule has 0 aromatic heterocycles. The molecule has 0 aliphatic rings. The Labute approximate surface area is 185 Å². The van der Waals surface area contributed by atoms with Gasteiger partial charge in [-0.3, -0.25) is 4.79 Å². The van der Waals surface area contributed by atoms with Crippen LogP contribution >= 0.6 is 0 Å². The van der Waals surface area contributed by atoms with Gasteiger partial charge in [-0.2, -0.15) is 0 Å². The van der Waals surface area contributed by atoms with E-state index in [-0.39, 0.29) is 11.9 Å². The zero-order valence-corrected chi connectivity index (χ0v) is 19.2. The average molecular weight is 418 g/mol. The van der Waals surface area contributed by atoms with Crippen LogP contribution in [-0.4, -0.2) is 26.2 Å². The van der Waals surface area contributed by atoms with Crippen molar-refractivity contribution in [3.63, 3.8) is 0 Å². The molecule has 3 aromatic rings. The first-order valence-corrected chi connectivity index (χ1v) is 10.5. The molecule has 31 heavy (non-hydrogen) atoms. The Balaban J connectivity index is 1.75. The summed E-state index contributed by atoms with van der Waals surface area (Å²) < 4.78 is 11.2. The zero-order valence-electron chi connectivity index (χ0n) is 19.2. The number of carbonyl (C=O) groups excluding carboxylic acids is 1. The fourth-order valence-electron chi connectivity index (χ4n) is 4.01. The Hall–Kier alpha value is -3.27. The van der Waals surface area contributed by atoms with Crippen molar-refractivity contribution in [3.8, 4) is 22.6 Å². The average Bonchev–Trinajstić information content (AvgIpc) is 2.73. The third-order valence-electron chi connectivity index (χ3n) is 5.52. The van der Waals surface area contributed by atoms with E-state index in [1.807, 2.05) is 58.0 Å². The van der Waals surface area contributed by atoms with E-state index < -0.39 is 0 Å². The summed E-state index contributed by atoms with van der Waals surface area (Å²) >= 11 is 0. The van der Waals surface area contributed by atoms with Crippen LogP contribution in [-0.2, 0) is 6.42 Å². The number of amides is 1. The number of methoxy groups -OCH3 is 2. The van der Waals surface area contributed by atoms with Crippen molar-refractivity contribution in [1.82, 2.24) is 5.32 Å². The molecule has 0 fully saturated rings. The van der Waals surface area contributed by atoms with Crippen molar-refractivity contribution in [2.75, 3.05) is 14.2 Å². The summed E-state index contributed by atoms with van der Waals surface area (Å²) in [5.74, 6) is 1.56. The van der Waals surface area contributed by atoms with Gasteiger partial charge in [-0.05, 0) is 74.1 Å². The number of nitrogens with one attached hydrogen (secondary N) is 1. The van der Waals surface area contributed by atoms with Crippen molar-refractivity contribution in [1.29, 1.82) is 0 Å². The lowest BCUT2D eigenvalue weighted by atomic mass is 9.98. The first kappa shape index (κ1) is 22.4. The van der Waals surface area contributed by atoms with Gasteiger partial charge in [0.05, 0.1) is 19.8 Å². The van der Waals surface area contributed by atoms with E-state index in [0.29, 0.717) is 0 Å². The van der Waals surface area contributed by atoms with E-state index in [0.717, 1.165) is 56.9 Å². The molecule has 0 aliphatic carbocycles. The second-order valence-electron chi connectivity index (χ2n) is 8.09. The van der Waals surface area contributed by atoms with Gasteiger partial charge in [-0.1, -0.05) is 42.5 Å². The van der Waals surface area contributed by atoms with Gasteiger partial charge in [0.25, 0.3) is 5.91 Å². The van der Waals surface area contributed by atoms with Crippen LogP contribution in [0.2, 0.25) is 0 Å². The lowest BCUT2D eigenvalue weighted by molar-refractivity contribution is 0.0939. The van der Waals surface area contributed by atoms with Crippen LogP contribution in [0.4, 0.5) is 0 Å². The highest BCUT2D eigenvalue weighted by molar-refractivity contribution is 5.97. The molecule has 0 spiro atoms. The monoisotopic (exact) mass is 417 g/mol. The van der Waals surface area contributed by atoms with E-state index in [1.165, 1.54) is 0 Å². The highest BCUT2D eigenvalue weighted by atomic mass is 16.5. The predicted octanol–water partition coefficient (Wildman–Crippen LogP) is 5.66. The SMILES string of the molecule is COc1cc(C)cc(OC)c1-c1ccc(CC(C)NC(=O)c2c(C)cccc2C)cc1. The van der Waals surface area contributed by atoms with Crippen molar-refractivity contribution in [2.24, 2.45) is 0 Å². The Morgan fingerprint density at radius 3 is 1.97 bits per heavy atom. The first-order chi connectivity index (χ1) is 14.8. The summed E-state index contributed by atoms with van der Waals surface area (Å²) in [4.78, 5) is 12.8. The van der Waals surface area contributed by atoms with Gasteiger partial charge in [-0.15, -0.1) is 0 Å². The normalized spacial score (nSPS) is 11.7. The highest BCUT2D eigenvalue weighted by Crippen LogP contribution is 2.39. The molecule has 4 heteroatoms. The molecule has 1 amide bonds. The van der Waals surface area contributed by atoms with Crippen LogP contribution in [0.3, 0.4) is 0 Å². The van der Waals surface area contributed by atoms with Gasteiger partial charge in [-0.25, -0.2) is 0 Å². The largest absolute Gasteiger partial charge is 0.496 e. The fraction of sp³-hybridized carbons (Fsp3) is 0.296. The molecule has 1 atom stereocenters. The van der Waals surface area contributed by atoms with E-state index in [9.17, 15) is 4.79 Å². The van der Waals surface area contributed by atoms with Gasteiger partial charge < -0.3 is 14.8 Å². The van der Waals surface area contributed by atoms with Crippen molar-refractivity contribution in [3.05, 3.63) is 82.4 Å². The number of carbonyl (C=O) groups is 1. The number of aryl methyl sites for hydroxylation is 3. The van der Waals surface area contributed by atoms with Crippen LogP contribution in [0.15, 0.2) is 54.6 Å². The molecule has 0 saturated heterocycles. The maximum absolute atomic E-state index is 12.8. The third-order valence-corrected chi connectivity index (χ3v) is 5.52. The summed E-state index contributed by atoms with van der Waals surface area (Å²) in [6.07, 6.45) is 0.749. The summed E-state index contributed by atoms with van der Waals surface area (Å²) in [5, 5.41) is 3.14. The minimum atomic E-state index is -0.0196. The minimum Gasteiger partial charge on any atom is -0.496 e. The molecule has 162 valence electrons. The van der Waals surface area contributed by atoms with Crippen molar-refractivity contribution in [2.45, 2.75) is 40.2 Å². The first-order valence-electron chi connectivity index (χ1n) is 10.5. The van der Waals surface area contributed by atoms with E-state index in [2.05, 4.69) is 29.6 Å². The molecule has 0 bridgehead atoms. The zero-order chi connectivity index (χ0) is 22.5. The van der Waals surface area contributed by atoms with Crippen molar-refractivity contribution >= 4 is 5.91 Å². The number of ether oxygens (including phenoxy) is 2. The van der Waals surface area contributed by atoms with Crippen LogP contribution in [0, 0.1) is 20.8 Å². The molecule has 0 heterocycles. The predicted molar refractivity (Wildman–Crippen MR) is 126 cm³/mol. The van der Waals surface area contributed by atoms with E-state index in [4.69, 9.17) is 9.47 Å². The van der Waals surface area contributed by atoms with Crippen molar-refractivity contribution < 1.29 is 14.3 Å². The van der Waals surface area contributed by atoms with Crippen LogP contribution in [0.5, 0.6) is 11.5 Å². The minimum absolute atomic E-state index is 0.0146. The van der Waals surface area contributed by atoms with Crippen LogP contribution in [0.25, 0.3) is 11.1 Å². The molecule has 1 N–H and O–H groups in total. The summed E-state index contributed by atoms with van der Waals surface area (Å²) in [6.45, 7) is 8.00. The highest BCUT2D eigenvalue weighted by Gasteiger charge is 2.16. The summed E-state index contributed by atoms with van der Waals surface area (Å²) in [7, 11) is 3.35. The Bertz CT molecular complexity index is 1030. The molecule has 1 unspecified atom stereocenters. The van der Waals surface area contributed by atoms with E-state index >= 15 is 0 Å². The van der Waals surface area contributed by atoms with Gasteiger partial charge in [0.1, 0.15) is 11.5 Å². The van der Waals surface area contributed by atoms with Gasteiger partial charge in [0, 0.05) is 11.6 Å². The van der Waals surface area contributed by atoms with Gasteiger partial charge in [0.2, 0.25) is 0 Å².